The van der Waals surface area contributed by atoms with Crippen molar-refractivity contribution in [3.63, 3.8) is 0 Å². The SMILES string of the molecule is COC(=O)C[C@H](NC(=O)c1cc2ccccc2o1)C(=O)O. The molecule has 1 heterocycles. The van der Waals surface area contributed by atoms with E-state index in [2.05, 4.69) is 10.1 Å². The van der Waals surface area contributed by atoms with Gasteiger partial charge in [-0.2, -0.15) is 0 Å². The van der Waals surface area contributed by atoms with Gasteiger partial charge < -0.3 is 19.6 Å². The first-order chi connectivity index (χ1) is 10.0. The molecule has 7 heteroatoms. The number of esters is 1. The van der Waals surface area contributed by atoms with Gasteiger partial charge in [0.25, 0.3) is 5.91 Å². The number of ether oxygens (including phenoxy) is 1. The molecule has 110 valence electrons. The molecule has 0 aliphatic carbocycles. The van der Waals surface area contributed by atoms with E-state index in [4.69, 9.17) is 9.52 Å². The first kappa shape index (κ1) is 14.6. The smallest absolute Gasteiger partial charge is 0.326 e. The number of carbonyl (C=O) groups is 3. The molecule has 0 spiro atoms. The van der Waals surface area contributed by atoms with E-state index in [-0.39, 0.29) is 5.76 Å². The summed E-state index contributed by atoms with van der Waals surface area (Å²) in [5.74, 6) is -2.79. The lowest BCUT2D eigenvalue weighted by Gasteiger charge is -2.11. The molecule has 2 aromatic rings. The first-order valence-electron chi connectivity index (χ1n) is 6.10. The highest BCUT2D eigenvalue weighted by Crippen LogP contribution is 2.18. The highest BCUT2D eigenvalue weighted by molar-refractivity contribution is 5.98. The number of para-hydroxylation sites is 1. The van der Waals surface area contributed by atoms with E-state index in [1.54, 1.807) is 24.3 Å². The summed E-state index contributed by atoms with van der Waals surface area (Å²) in [6.07, 6.45) is -0.461. The van der Waals surface area contributed by atoms with Crippen molar-refractivity contribution in [2.75, 3.05) is 7.11 Å². The van der Waals surface area contributed by atoms with Gasteiger partial charge in [0.15, 0.2) is 5.76 Å². The monoisotopic (exact) mass is 291 g/mol. The fraction of sp³-hybridized carbons (Fsp3) is 0.214. The Morgan fingerprint density at radius 1 is 1.33 bits per heavy atom. The molecule has 1 atom stereocenters. The second-order valence-electron chi connectivity index (χ2n) is 4.29. The van der Waals surface area contributed by atoms with E-state index < -0.39 is 30.3 Å². The van der Waals surface area contributed by atoms with Crippen LogP contribution in [0.2, 0.25) is 0 Å². The predicted octanol–water partition coefficient (Wildman–Crippen LogP) is 1.18. The number of carbonyl (C=O) groups excluding carboxylic acids is 2. The number of aliphatic carboxylic acids is 1. The van der Waals surface area contributed by atoms with Crippen molar-refractivity contribution in [3.05, 3.63) is 36.1 Å². The van der Waals surface area contributed by atoms with Crippen molar-refractivity contribution in [1.82, 2.24) is 5.32 Å². The minimum absolute atomic E-state index is 0.0210. The van der Waals surface area contributed by atoms with Crippen LogP contribution in [-0.4, -0.2) is 36.1 Å². The summed E-state index contributed by atoms with van der Waals surface area (Å²) in [6.45, 7) is 0. The number of amides is 1. The van der Waals surface area contributed by atoms with Gasteiger partial charge in [-0.1, -0.05) is 18.2 Å². The normalized spacial score (nSPS) is 11.9. The summed E-state index contributed by atoms with van der Waals surface area (Å²) >= 11 is 0. The number of carboxylic acid groups (broad SMARTS) is 1. The summed E-state index contributed by atoms with van der Waals surface area (Å²) in [5, 5.41) is 12.0. The maximum Gasteiger partial charge on any atom is 0.326 e. The highest BCUT2D eigenvalue weighted by atomic mass is 16.5. The Bertz CT molecular complexity index is 657. The molecule has 2 N–H and O–H groups in total. The lowest BCUT2D eigenvalue weighted by atomic mass is 10.2. The third kappa shape index (κ3) is 3.38. The van der Waals surface area contributed by atoms with Gasteiger partial charge in [-0.15, -0.1) is 0 Å². The molecule has 7 nitrogen and oxygen atoms in total. The maximum absolute atomic E-state index is 12.0. The fourth-order valence-electron chi connectivity index (χ4n) is 1.77. The van der Waals surface area contributed by atoms with E-state index in [1.165, 1.54) is 6.07 Å². The van der Waals surface area contributed by atoms with E-state index in [0.717, 1.165) is 12.5 Å². The van der Waals surface area contributed by atoms with Gasteiger partial charge in [0.05, 0.1) is 13.5 Å². The van der Waals surface area contributed by atoms with Crippen LogP contribution in [-0.2, 0) is 14.3 Å². The summed E-state index contributed by atoms with van der Waals surface area (Å²) in [4.78, 5) is 34.1. The van der Waals surface area contributed by atoms with Gasteiger partial charge in [0, 0.05) is 5.39 Å². The molecule has 1 aromatic heterocycles. The molecule has 1 aromatic carbocycles. The number of carboxylic acids is 1. The summed E-state index contributed by atoms with van der Waals surface area (Å²) in [7, 11) is 1.14. The second kappa shape index (κ2) is 6.08. The van der Waals surface area contributed by atoms with Crippen LogP contribution in [0.15, 0.2) is 34.7 Å². The molecule has 21 heavy (non-hydrogen) atoms. The van der Waals surface area contributed by atoms with Gasteiger partial charge in [-0.05, 0) is 12.1 Å². The lowest BCUT2D eigenvalue weighted by molar-refractivity contribution is -0.147. The van der Waals surface area contributed by atoms with Crippen molar-refractivity contribution >= 4 is 28.8 Å². The average molecular weight is 291 g/mol. The van der Waals surface area contributed by atoms with Crippen LogP contribution >= 0.6 is 0 Å². The molecule has 0 unspecified atom stereocenters. The Morgan fingerprint density at radius 3 is 2.67 bits per heavy atom. The topological polar surface area (TPSA) is 106 Å². The van der Waals surface area contributed by atoms with Crippen molar-refractivity contribution < 1.29 is 28.6 Å². The van der Waals surface area contributed by atoms with E-state index in [1.807, 2.05) is 0 Å². The Kier molecular flexibility index (Phi) is 4.22. The summed E-state index contributed by atoms with van der Waals surface area (Å²) in [6, 6.07) is 7.12. The number of hydrogen-bond acceptors (Lipinski definition) is 5. The van der Waals surface area contributed by atoms with Gasteiger partial charge in [0.2, 0.25) is 0 Å². The molecule has 0 fully saturated rings. The standard InChI is InChI=1S/C14H13NO6/c1-20-12(16)7-9(14(18)19)15-13(17)11-6-8-4-2-3-5-10(8)21-11/h2-6,9H,7H2,1H3,(H,15,17)(H,18,19)/t9-/m0/s1. The van der Waals surface area contributed by atoms with Gasteiger partial charge >= 0.3 is 11.9 Å². The van der Waals surface area contributed by atoms with E-state index in [9.17, 15) is 14.4 Å². The molecule has 0 saturated carbocycles. The quantitative estimate of drug-likeness (QED) is 0.801. The Labute approximate surface area is 119 Å². The minimum Gasteiger partial charge on any atom is -0.480 e. The van der Waals surface area contributed by atoms with Crippen LogP contribution in [0, 0.1) is 0 Å². The number of fused-ring (bicyclic) bond motifs is 1. The molecule has 0 saturated heterocycles. The van der Waals surface area contributed by atoms with Crippen LogP contribution in [0.5, 0.6) is 0 Å². The van der Waals surface area contributed by atoms with Gasteiger partial charge in [-0.3, -0.25) is 9.59 Å². The number of benzene rings is 1. The third-order valence-electron chi connectivity index (χ3n) is 2.85. The van der Waals surface area contributed by atoms with Crippen molar-refractivity contribution in [2.45, 2.75) is 12.5 Å². The zero-order valence-corrected chi connectivity index (χ0v) is 11.2. The molecule has 1 amide bonds. The number of rotatable bonds is 5. The van der Waals surface area contributed by atoms with Crippen LogP contribution in [0.1, 0.15) is 17.0 Å². The van der Waals surface area contributed by atoms with E-state index >= 15 is 0 Å². The largest absolute Gasteiger partial charge is 0.480 e. The average Bonchev–Trinajstić information content (AvgIpc) is 2.90. The molecule has 2 rings (SSSR count). The zero-order valence-electron chi connectivity index (χ0n) is 11.2. The summed E-state index contributed by atoms with van der Waals surface area (Å²) in [5.41, 5.74) is 0.516. The van der Waals surface area contributed by atoms with Crippen molar-refractivity contribution in [2.24, 2.45) is 0 Å². The lowest BCUT2D eigenvalue weighted by Crippen LogP contribution is -2.42. The number of hydrogen-bond donors (Lipinski definition) is 2. The Hall–Kier alpha value is -2.83. The molecule has 0 bridgehead atoms. The minimum atomic E-state index is -1.38. The van der Waals surface area contributed by atoms with Crippen LogP contribution < -0.4 is 5.32 Å². The molecular formula is C14H13NO6. The van der Waals surface area contributed by atoms with Crippen LogP contribution in [0.3, 0.4) is 0 Å². The van der Waals surface area contributed by atoms with Crippen molar-refractivity contribution in [1.29, 1.82) is 0 Å². The zero-order chi connectivity index (χ0) is 15.4. The Morgan fingerprint density at radius 2 is 2.05 bits per heavy atom. The molecule has 0 aliphatic rings. The fourth-order valence-corrected chi connectivity index (χ4v) is 1.77. The van der Waals surface area contributed by atoms with Crippen LogP contribution in [0.25, 0.3) is 11.0 Å². The first-order valence-corrected chi connectivity index (χ1v) is 6.10. The molecular weight excluding hydrogens is 278 g/mol. The van der Waals surface area contributed by atoms with Crippen LogP contribution in [0.4, 0.5) is 0 Å². The predicted molar refractivity (Wildman–Crippen MR) is 71.7 cm³/mol. The Balaban J connectivity index is 2.14. The number of furan rings is 1. The number of nitrogens with one attached hydrogen (secondary N) is 1. The molecule has 0 radical (unpaired) electrons. The van der Waals surface area contributed by atoms with E-state index in [0.29, 0.717) is 5.58 Å². The maximum atomic E-state index is 12.0. The third-order valence-corrected chi connectivity index (χ3v) is 2.85. The molecule has 0 aliphatic heterocycles. The summed E-state index contributed by atoms with van der Waals surface area (Å²) < 4.78 is 9.71. The van der Waals surface area contributed by atoms with Gasteiger partial charge in [0.1, 0.15) is 11.6 Å². The van der Waals surface area contributed by atoms with Gasteiger partial charge in [-0.25, -0.2) is 4.79 Å². The second-order valence-corrected chi connectivity index (χ2v) is 4.29. The van der Waals surface area contributed by atoms with Crippen molar-refractivity contribution in [3.8, 4) is 0 Å². The number of methoxy groups -OCH3 is 1. The highest BCUT2D eigenvalue weighted by Gasteiger charge is 2.25.